The summed E-state index contributed by atoms with van der Waals surface area (Å²) >= 11 is 0. The second-order valence-corrected chi connectivity index (χ2v) is 3.58. The Bertz CT molecular complexity index is 499. The molecule has 0 fully saturated rings. The largest absolute Gasteiger partial charge is 0.438 e. The number of rotatable bonds is 1. The highest BCUT2D eigenvalue weighted by atomic mass is 19.4. The number of halogens is 6. The molecule has 0 atom stereocenters. The van der Waals surface area contributed by atoms with E-state index in [-0.39, 0.29) is 11.1 Å². The zero-order valence-corrected chi connectivity index (χ0v) is 9.43. The molecule has 0 heterocycles. The zero-order valence-electron chi connectivity index (χ0n) is 9.43. The average Bonchev–Trinajstić information content (AvgIpc) is 2.23. The lowest BCUT2D eigenvalue weighted by atomic mass is 10.1. The van der Waals surface area contributed by atoms with Gasteiger partial charge in [-0.2, -0.15) is 31.3 Å². The summed E-state index contributed by atoms with van der Waals surface area (Å²) in [5.41, 5.74) is -3.14. The molecule has 1 aromatic rings. The zero-order chi connectivity index (χ0) is 14.8. The van der Waals surface area contributed by atoms with Gasteiger partial charge >= 0.3 is 12.4 Å². The normalized spacial score (nSPS) is 12.2. The van der Waals surface area contributed by atoms with Gasteiger partial charge < -0.3 is 0 Å². The predicted octanol–water partition coefficient (Wildman–Crippen LogP) is 3.70. The molecule has 104 valence electrons. The first-order valence-corrected chi connectivity index (χ1v) is 4.86. The van der Waals surface area contributed by atoms with E-state index in [2.05, 4.69) is 4.99 Å². The standard InChI is InChI=1S/C11H7F6NO/c1-6-4-2-3-5-7(6)8(19)18-9(10(12,13)14)11(15,16)17/h2-5H,1H3. The lowest BCUT2D eigenvalue weighted by molar-refractivity contribution is -0.117. The Morgan fingerprint density at radius 3 is 1.89 bits per heavy atom. The van der Waals surface area contributed by atoms with Crippen molar-refractivity contribution in [1.29, 1.82) is 0 Å². The quantitative estimate of drug-likeness (QED) is 0.570. The summed E-state index contributed by atoms with van der Waals surface area (Å²) in [6.07, 6.45) is -11.5. The van der Waals surface area contributed by atoms with Crippen LogP contribution in [0.3, 0.4) is 0 Å². The van der Waals surface area contributed by atoms with Crippen molar-refractivity contribution in [2.45, 2.75) is 19.3 Å². The summed E-state index contributed by atoms with van der Waals surface area (Å²) in [5, 5.41) is 0. The molecule has 1 rings (SSSR count). The molecule has 0 radical (unpaired) electrons. The molecule has 1 aromatic carbocycles. The van der Waals surface area contributed by atoms with Gasteiger partial charge in [0.1, 0.15) is 0 Å². The first kappa shape index (κ1) is 15.2. The van der Waals surface area contributed by atoms with Gasteiger partial charge in [-0.15, -0.1) is 0 Å². The van der Waals surface area contributed by atoms with Gasteiger partial charge in [0.2, 0.25) is 5.71 Å². The fraction of sp³-hybridized carbons (Fsp3) is 0.273. The van der Waals surface area contributed by atoms with Gasteiger partial charge in [-0.3, -0.25) is 4.79 Å². The van der Waals surface area contributed by atoms with Crippen LogP contribution in [0.25, 0.3) is 0 Å². The maximum atomic E-state index is 12.2. The van der Waals surface area contributed by atoms with Crippen molar-refractivity contribution in [2.75, 3.05) is 0 Å². The molecule has 0 aliphatic rings. The van der Waals surface area contributed by atoms with Crippen molar-refractivity contribution >= 4 is 11.6 Å². The van der Waals surface area contributed by atoms with Crippen LogP contribution in [0.2, 0.25) is 0 Å². The van der Waals surface area contributed by atoms with Crippen LogP contribution in [0.4, 0.5) is 26.3 Å². The Balaban J connectivity index is 3.25. The van der Waals surface area contributed by atoms with Crippen LogP contribution in [0, 0.1) is 6.92 Å². The molecule has 0 aliphatic heterocycles. The highest BCUT2D eigenvalue weighted by molar-refractivity contribution is 6.08. The summed E-state index contributed by atoms with van der Waals surface area (Å²) in [5.74, 6) is -1.58. The third-order valence-corrected chi connectivity index (χ3v) is 2.13. The maximum absolute atomic E-state index is 12.2. The first-order valence-electron chi connectivity index (χ1n) is 4.86. The molecule has 0 unspecified atom stereocenters. The van der Waals surface area contributed by atoms with Crippen molar-refractivity contribution in [3.05, 3.63) is 35.4 Å². The number of hydrogen-bond acceptors (Lipinski definition) is 1. The maximum Gasteiger partial charge on any atom is 0.438 e. The molecule has 0 saturated carbocycles. The average molecular weight is 283 g/mol. The number of amides is 1. The molecule has 1 amide bonds. The Kier molecular flexibility index (Phi) is 4.02. The SMILES string of the molecule is Cc1ccccc1C(=O)N=C(C(F)(F)F)C(F)(F)F. The topological polar surface area (TPSA) is 29.4 Å². The number of carbonyl (C=O) groups is 1. The number of alkyl halides is 6. The van der Waals surface area contributed by atoms with Crippen LogP contribution in [0.1, 0.15) is 15.9 Å². The fourth-order valence-electron chi connectivity index (χ4n) is 1.26. The van der Waals surface area contributed by atoms with Crippen LogP contribution in [0.5, 0.6) is 0 Å². The summed E-state index contributed by atoms with van der Waals surface area (Å²) in [6.45, 7) is 1.38. The van der Waals surface area contributed by atoms with Crippen LogP contribution in [0.15, 0.2) is 29.3 Å². The third-order valence-electron chi connectivity index (χ3n) is 2.13. The van der Waals surface area contributed by atoms with E-state index < -0.39 is 24.0 Å². The Morgan fingerprint density at radius 1 is 1.00 bits per heavy atom. The summed E-state index contributed by atoms with van der Waals surface area (Å²) in [7, 11) is 0. The van der Waals surface area contributed by atoms with Gasteiger partial charge in [0, 0.05) is 5.56 Å². The van der Waals surface area contributed by atoms with Crippen molar-refractivity contribution in [1.82, 2.24) is 0 Å². The van der Waals surface area contributed by atoms with E-state index in [9.17, 15) is 31.1 Å². The molecular weight excluding hydrogens is 276 g/mol. The van der Waals surface area contributed by atoms with E-state index in [0.717, 1.165) is 6.07 Å². The predicted molar refractivity (Wildman–Crippen MR) is 55.1 cm³/mol. The third kappa shape index (κ3) is 3.80. The summed E-state index contributed by atoms with van der Waals surface area (Å²) < 4.78 is 73.1. The van der Waals surface area contributed by atoms with Gasteiger partial charge in [-0.25, -0.2) is 0 Å². The van der Waals surface area contributed by atoms with Crippen molar-refractivity contribution in [2.24, 2.45) is 4.99 Å². The lowest BCUT2D eigenvalue weighted by Crippen LogP contribution is -2.37. The summed E-state index contributed by atoms with van der Waals surface area (Å²) in [4.78, 5) is 13.6. The molecule has 8 heteroatoms. The molecule has 0 aliphatic carbocycles. The van der Waals surface area contributed by atoms with Gasteiger partial charge in [0.25, 0.3) is 5.91 Å². The van der Waals surface area contributed by atoms with E-state index in [0.29, 0.717) is 0 Å². The molecule has 0 spiro atoms. The molecule has 0 saturated heterocycles. The fourth-order valence-corrected chi connectivity index (χ4v) is 1.26. The number of benzene rings is 1. The molecule has 2 nitrogen and oxygen atoms in total. The van der Waals surface area contributed by atoms with Crippen LogP contribution >= 0.6 is 0 Å². The highest BCUT2D eigenvalue weighted by Crippen LogP contribution is 2.30. The molecule has 0 N–H and O–H groups in total. The van der Waals surface area contributed by atoms with Crippen molar-refractivity contribution < 1.29 is 31.1 Å². The van der Waals surface area contributed by atoms with Gasteiger partial charge in [0.05, 0.1) is 0 Å². The second kappa shape index (κ2) is 5.02. The second-order valence-electron chi connectivity index (χ2n) is 3.58. The number of hydrogen-bond donors (Lipinski definition) is 0. The van der Waals surface area contributed by atoms with E-state index in [1.807, 2.05) is 0 Å². The molecule has 0 aromatic heterocycles. The highest BCUT2D eigenvalue weighted by Gasteiger charge is 2.53. The first-order chi connectivity index (χ1) is 8.53. The minimum absolute atomic E-state index is 0.236. The molecule has 0 bridgehead atoms. The number of carbonyl (C=O) groups excluding carboxylic acids is 1. The van der Waals surface area contributed by atoms with E-state index in [1.54, 1.807) is 0 Å². The Labute approximate surface area is 103 Å². The summed E-state index contributed by atoms with van der Waals surface area (Å²) in [6, 6.07) is 5.29. The number of aryl methyl sites for hydroxylation is 1. The van der Waals surface area contributed by atoms with Crippen LogP contribution in [-0.4, -0.2) is 24.0 Å². The van der Waals surface area contributed by atoms with E-state index in [1.165, 1.54) is 25.1 Å². The van der Waals surface area contributed by atoms with E-state index in [4.69, 9.17) is 0 Å². The van der Waals surface area contributed by atoms with Gasteiger partial charge in [-0.1, -0.05) is 18.2 Å². The monoisotopic (exact) mass is 283 g/mol. The smallest absolute Gasteiger partial charge is 0.267 e. The lowest BCUT2D eigenvalue weighted by Gasteiger charge is -2.13. The minimum atomic E-state index is -5.74. The van der Waals surface area contributed by atoms with Crippen LogP contribution in [-0.2, 0) is 0 Å². The van der Waals surface area contributed by atoms with Crippen molar-refractivity contribution in [3.63, 3.8) is 0 Å². The molecule has 19 heavy (non-hydrogen) atoms. The van der Waals surface area contributed by atoms with Gasteiger partial charge in [0.15, 0.2) is 0 Å². The van der Waals surface area contributed by atoms with E-state index >= 15 is 0 Å². The minimum Gasteiger partial charge on any atom is -0.267 e. The van der Waals surface area contributed by atoms with Gasteiger partial charge in [-0.05, 0) is 18.6 Å². The van der Waals surface area contributed by atoms with Crippen molar-refractivity contribution in [3.8, 4) is 0 Å². The Hall–Kier alpha value is -1.86. The Morgan fingerprint density at radius 2 is 1.47 bits per heavy atom. The van der Waals surface area contributed by atoms with Crippen LogP contribution < -0.4 is 0 Å². The number of aliphatic imine (C=N–C) groups is 1. The molecular formula is C11H7F6NO. The number of nitrogens with zero attached hydrogens (tertiary/aromatic N) is 1.